The fraction of sp³-hybridized carbons (Fsp3) is 0.579. The number of nitrogens with one attached hydrogen (secondary N) is 1. The highest BCUT2D eigenvalue weighted by Gasteiger charge is 2.23. The van der Waals surface area contributed by atoms with Gasteiger partial charge in [-0.25, -0.2) is 4.79 Å². The van der Waals surface area contributed by atoms with Crippen molar-refractivity contribution in [1.29, 1.82) is 0 Å². The summed E-state index contributed by atoms with van der Waals surface area (Å²) >= 11 is 0. The van der Waals surface area contributed by atoms with E-state index in [0.29, 0.717) is 18.6 Å². The minimum atomic E-state index is -0.637. The summed E-state index contributed by atoms with van der Waals surface area (Å²) in [6, 6.07) is -0.637. The molecule has 0 aromatic heterocycles. The molecule has 5 heteroatoms. The molecule has 0 aromatic carbocycles. The Bertz CT molecular complexity index is 517. The second-order valence-electron chi connectivity index (χ2n) is 6.22. The highest BCUT2D eigenvalue weighted by atomic mass is 16.5. The number of amides is 1. The molecule has 1 rings (SSSR count). The largest absolute Gasteiger partial charge is 0.498 e. The Morgan fingerprint density at radius 1 is 1.29 bits per heavy atom. The van der Waals surface area contributed by atoms with Crippen LogP contribution in [0.1, 0.15) is 46.5 Å². The molecule has 1 aliphatic carbocycles. The molecule has 5 nitrogen and oxygen atoms in total. The van der Waals surface area contributed by atoms with Gasteiger partial charge in [-0.05, 0) is 37.3 Å². The summed E-state index contributed by atoms with van der Waals surface area (Å²) < 4.78 is 10.4. The van der Waals surface area contributed by atoms with Crippen molar-refractivity contribution in [2.24, 2.45) is 5.92 Å². The van der Waals surface area contributed by atoms with Crippen molar-refractivity contribution in [2.75, 3.05) is 13.7 Å². The monoisotopic (exact) mass is 335 g/mol. The highest BCUT2D eigenvalue weighted by Crippen LogP contribution is 2.15. The number of methoxy groups -OCH3 is 1. The Morgan fingerprint density at radius 2 is 2.04 bits per heavy atom. The van der Waals surface area contributed by atoms with Gasteiger partial charge in [0.15, 0.2) is 0 Å². The Balaban J connectivity index is 2.83. The zero-order valence-electron chi connectivity index (χ0n) is 15.1. The maximum absolute atomic E-state index is 12.5. The van der Waals surface area contributed by atoms with Crippen LogP contribution in [0.25, 0.3) is 0 Å². The van der Waals surface area contributed by atoms with Gasteiger partial charge >= 0.3 is 5.97 Å². The van der Waals surface area contributed by atoms with Crippen LogP contribution in [0.15, 0.2) is 35.6 Å². The Hall–Kier alpha value is -2.04. The summed E-state index contributed by atoms with van der Waals surface area (Å²) in [6.07, 6.45) is 10.4. The van der Waals surface area contributed by atoms with Gasteiger partial charge in [0, 0.05) is 12.0 Å². The van der Waals surface area contributed by atoms with E-state index < -0.39 is 12.0 Å². The van der Waals surface area contributed by atoms with Gasteiger partial charge in [-0.1, -0.05) is 32.9 Å². The molecule has 0 radical (unpaired) electrons. The van der Waals surface area contributed by atoms with E-state index in [4.69, 9.17) is 9.47 Å². The molecule has 0 bridgehead atoms. The lowest BCUT2D eigenvalue weighted by Gasteiger charge is -2.19. The first-order valence-corrected chi connectivity index (χ1v) is 8.56. The Labute approximate surface area is 144 Å². The predicted octanol–water partition coefficient (Wildman–Crippen LogP) is 3.28. The normalized spacial score (nSPS) is 21.4. The second kappa shape index (κ2) is 10.7. The highest BCUT2D eigenvalue weighted by molar-refractivity contribution is 5.98. The number of ether oxygens (including phenoxy) is 2. The zero-order chi connectivity index (χ0) is 17.9. The molecule has 0 aliphatic heterocycles. The van der Waals surface area contributed by atoms with Crippen LogP contribution in [0.2, 0.25) is 0 Å². The van der Waals surface area contributed by atoms with Gasteiger partial charge in [0.1, 0.15) is 6.04 Å². The molecule has 0 unspecified atom stereocenters. The fourth-order valence-corrected chi connectivity index (χ4v) is 2.33. The van der Waals surface area contributed by atoms with Crippen LogP contribution >= 0.6 is 0 Å². The summed E-state index contributed by atoms with van der Waals surface area (Å²) in [5, 5.41) is 2.77. The van der Waals surface area contributed by atoms with Crippen LogP contribution in [-0.4, -0.2) is 31.6 Å². The van der Waals surface area contributed by atoms with Crippen molar-refractivity contribution < 1.29 is 19.1 Å². The van der Waals surface area contributed by atoms with Crippen LogP contribution in [-0.2, 0) is 19.1 Å². The van der Waals surface area contributed by atoms with Gasteiger partial charge in [-0.2, -0.15) is 0 Å². The second-order valence-corrected chi connectivity index (χ2v) is 6.22. The molecular formula is C19H29NO4. The molecule has 1 atom stereocenters. The smallest absolute Gasteiger partial charge is 0.328 e. The summed E-state index contributed by atoms with van der Waals surface area (Å²) in [5.41, 5.74) is 0.505. The average Bonchev–Trinajstić information content (AvgIpc) is 2.52. The standard InChI is InChI=1S/C19H29NO4/c1-5-12-24-16-9-7-6-8-15(10-11-16)18(21)20-17(13-14(2)3)19(22)23-4/h6,8,10-11,14,17H,5,7,9,12-13H2,1-4H3,(H,20,21)/b8-6-,15-10+,16-11+/t17-/m1/s1. The third-order valence-corrected chi connectivity index (χ3v) is 3.56. The topological polar surface area (TPSA) is 64.6 Å². The number of hydrogen-bond donors (Lipinski definition) is 1. The third kappa shape index (κ3) is 7.02. The van der Waals surface area contributed by atoms with Crippen molar-refractivity contribution in [2.45, 2.75) is 52.5 Å². The van der Waals surface area contributed by atoms with Crippen LogP contribution in [0.3, 0.4) is 0 Å². The van der Waals surface area contributed by atoms with Crippen LogP contribution in [0, 0.1) is 5.92 Å². The van der Waals surface area contributed by atoms with E-state index in [9.17, 15) is 9.59 Å². The quantitative estimate of drug-likeness (QED) is 0.691. The molecule has 24 heavy (non-hydrogen) atoms. The molecule has 0 saturated carbocycles. The number of rotatable bonds is 8. The molecule has 1 N–H and O–H groups in total. The van der Waals surface area contributed by atoms with Gasteiger partial charge < -0.3 is 14.8 Å². The Morgan fingerprint density at radius 3 is 2.67 bits per heavy atom. The lowest BCUT2D eigenvalue weighted by Crippen LogP contribution is -2.42. The first-order valence-electron chi connectivity index (χ1n) is 8.56. The van der Waals surface area contributed by atoms with Gasteiger partial charge in [0.25, 0.3) is 5.91 Å². The summed E-state index contributed by atoms with van der Waals surface area (Å²) in [6.45, 7) is 6.72. The number of esters is 1. The van der Waals surface area contributed by atoms with E-state index in [1.807, 2.05) is 26.0 Å². The third-order valence-electron chi connectivity index (χ3n) is 3.56. The Kier molecular flexibility index (Phi) is 8.90. The van der Waals surface area contributed by atoms with Crippen molar-refractivity contribution in [3.8, 4) is 0 Å². The summed E-state index contributed by atoms with van der Waals surface area (Å²) in [4.78, 5) is 24.3. The molecule has 0 aromatic rings. The van der Waals surface area contributed by atoms with Crippen LogP contribution in [0.4, 0.5) is 0 Å². The molecular weight excluding hydrogens is 306 g/mol. The molecule has 1 amide bonds. The minimum absolute atomic E-state index is 0.269. The number of hydrogen-bond acceptors (Lipinski definition) is 4. The molecule has 1 aliphatic rings. The molecule has 0 saturated heterocycles. The molecule has 134 valence electrons. The van der Waals surface area contributed by atoms with Gasteiger partial charge in [-0.15, -0.1) is 0 Å². The number of allylic oxidation sites excluding steroid dienone is 4. The molecule has 0 heterocycles. The van der Waals surface area contributed by atoms with E-state index in [2.05, 4.69) is 12.2 Å². The van der Waals surface area contributed by atoms with Crippen LogP contribution < -0.4 is 5.32 Å². The van der Waals surface area contributed by atoms with E-state index in [1.165, 1.54) is 7.11 Å². The lowest BCUT2D eigenvalue weighted by molar-refractivity contribution is -0.145. The predicted molar refractivity (Wildman–Crippen MR) is 94.2 cm³/mol. The fourth-order valence-electron chi connectivity index (χ4n) is 2.33. The lowest BCUT2D eigenvalue weighted by atomic mass is 10.0. The molecule has 0 spiro atoms. The maximum atomic E-state index is 12.5. The summed E-state index contributed by atoms with van der Waals surface area (Å²) in [7, 11) is 1.33. The van der Waals surface area contributed by atoms with Crippen molar-refractivity contribution in [3.63, 3.8) is 0 Å². The number of carbonyl (C=O) groups is 2. The minimum Gasteiger partial charge on any atom is -0.498 e. The van der Waals surface area contributed by atoms with Gasteiger partial charge in [-0.3, -0.25) is 4.79 Å². The molecule has 0 fully saturated rings. The zero-order valence-corrected chi connectivity index (χ0v) is 15.1. The van der Waals surface area contributed by atoms with Gasteiger partial charge in [0.05, 0.1) is 19.5 Å². The van der Waals surface area contributed by atoms with Crippen LogP contribution in [0.5, 0.6) is 0 Å². The first kappa shape index (κ1) is 20.0. The first-order chi connectivity index (χ1) is 11.5. The SMILES string of the molecule is CCCO/C1=C/C=C(C(=O)N[C@H](CC(C)C)C(=O)OC)\C=C/CC1. The van der Waals surface area contributed by atoms with E-state index in [-0.39, 0.29) is 11.8 Å². The van der Waals surface area contributed by atoms with Crippen molar-refractivity contribution in [3.05, 3.63) is 35.6 Å². The van der Waals surface area contributed by atoms with E-state index >= 15 is 0 Å². The van der Waals surface area contributed by atoms with Gasteiger partial charge in [0.2, 0.25) is 0 Å². The van der Waals surface area contributed by atoms with E-state index in [0.717, 1.165) is 25.0 Å². The summed E-state index contributed by atoms with van der Waals surface area (Å²) in [5.74, 6) is 0.439. The maximum Gasteiger partial charge on any atom is 0.328 e. The van der Waals surface area contributed by atoms with Crippen molar-refractivity contribution >= 4 is 11.9 Å². The average molecular weight is 335 g/mol. The number of carbonyl (C=O) groups excluding carboxylic acids is 2. The van der Waals surface area contributed by atoms with Crippen molar-refractivity contribution in [1.82, 2.24) is 5.32 Å². The van der Waals surface area contributed by atoms with E-state index in [1.54, 1.807) is 12.2 Å².